The minimum atomic E-state index is -0.469. The number of nitrogens with zero attached hydrogens (tertiary/aromatic N) is 3. The molecule has 0 atom stereocenters. The van der Waals surface area contributed by atoms with Gasteiger partial charge in [0.05, 0.1) is 19.5 Å². The predicted molar refractivity (Wildman–Crippen MR) is 52.3 cm³/mol. The van der Waals surface area contributed by atoms with E-state index in [2.05, 4.69) is 14.7 Å². The third-order valence-corrected chi connectivity index (χ3v) is 1.88. The van der Waals surface area contributed by atoms with Crippen LogP contribution in [0.2, 0.25) is 0 Å². The summed E-state index contributed by atoms with van der Waals surface area (Å²) in [5, 5.41) is 0. The standard InChI is InChI=1S/C9H13N3O2/c1-4-12(2)8-6-10-5-7(11-8)9(13)14-3/h5-6H,4H2,1-3H3. The van der Waals surface area contributed by atoms with Gasteiger partial charge in [-0.1, -0.05) is 0 Å². The van der Waals surface area contributed by atoms with Crippen molar-refractivity contribution in [3.63, 3.8) is 0 Å². The number of rotatable bonds is 3. The third-order valence-electron chi connectivity index (χ3n) is 1.88. The van der Waals surface area contributed by atoms with E-state index in [1.54, 1.807) is 6.20 Å². The largest absolute Gasteiger partial charge is 0.464 e. The molecular formula is C9H13N3O2. The highest BCUT2D eigenvalue weighted by molar-refractivity contribution is 5.87. The molecule has 0 amide bonds. The van der Waals surface area contributed by atoms with Crippen molar-refractivity contribution in [2.75, 3.05) is 25.6 Å². The number of aromatic nitrogens is 2. The Morgan fingerprint density at radius 3 is 2.86 bits per heavy atom. The fourth-order valence-electron chi connectivity index (χ4n) is 0.905. The SMILES string of the molecule is CCN(C)c1cncc(C(=O)OC)n1. The molecule has 0 saturated carbocycles. The van der Waals surface area contributed by atoms with Crippen molar-refractivity contribution in [3.05, 3.63) is 18.1 Å². The van der Waals surface area contributed by atoms with Crippen LogP contribution in [0.4, 0.5) is 5.82 Å². The monoisotopic (exact) mass is 195 g/mol. The minimum Gasteiger partial charge on any atom is -0.464 e. The fourth-order valence-corrected chi connectivity index (χ4v) is 0.905. The van der Waals surface area contributed by atoms with Crippen molar-refractivity contribution in [2.45, 2.75) is 6.92 Å². The molecule has 1 rings (SSSR count). The van der Waals surface area contributed by atoms with Crippen molar-refractivity contribution in [3.8, 4) is 0 Å². The van der Waals surface area contributed by atoms with Crippen molar-refractivity contribution in [2.24, 2.45) is 0 Å². The summed E-state index contributed by atoms with van der Waals surface area (Å²) in [6.45, 7) is 2.80. The first kappa shape index (κ1) is 10.4. The molecule has 76 valence electrons. The van der Waals surface area contributed by atoms with E-state index in [0.717, 1.165) is 6.54 Å². The van der Waals surface area contributed by atoms with E-state index in [1.807, 2.05) is 18.9 Å². The molecule has 14 heavy (non-hydrogen) atoms. The number of carbonyl (C=O) groups is 1. The molecule has 0 unspecified atom stereocenters. The first-order chi connectivity index (χ1) is 6.69. The summed E-state index contributed by atoms with van der Waals surface area (Å²) in [4.78, 5) is 21.0. The van der Waals surface area contributed by atoms with Crippen LogP contribution in [0.3, 0.4) is 0 Å². The summed E-state index contributed by atoms with van der Waals surface area (Å²) in [6, 6.07) is 0. The van der Waals surface area contributed by atoms with E-state index in [0.29, 0.717) is 5.82 Å². The number of ether oxygens (including phenoxy) is 1. The van der Waals surface area contributed by atoms with Crippen LogP contribution in [-0.4, -0.2) is 36.6 Å². The highest BCUT2D eigenvalue weighted by Gasteiger charge is 2.09. The van der Waals surface area contributed by atoms with Crippen LogP contribution in [-0.2, 0) is 4.74 Å². The van der Waals surface area contributed by atoms with Crippen molar-refractivity contribution < 1.29 is 9.53 Å². The van der Waals surface area contributed by atoms with E-state index in [4.69, 9.17) is 0 Å². The van der Waals surface area contributed by atoms with E-state index >= 15 is 0 Å². The van der Waals surface area contributed by atoms with E-state index in [9.17, 15) is 4.79 Å². The number of esters is 1. The topological polar surface area (TPSA) is 55.3 Å². The number of anilines is 1. The Hall–Kier alpha value is -1.65. The number of methoxy groups -OCH3 is 1. The molecule has 0 spiro atoms. The van der Waals surface area contributed by atoms with Gasteiger partial charge >= 0.3 is 5.97 Å². The molecule has 0 aliphatic heterocycles. The van der Waals surface area contributed by atoms with Gasteiger partial charge in [0.1, 0.15) is 5.82 Å². The van der Waals surface area contributed by atoms with Crippen LogP contribution in [0.5, 0.6) is 0 Å². The highest BCUT2D eigenvalue weighted by atomic mass is 16.5. The average molecular weight is 195 g/mol. The molecule has 5 heteroatoms. The van der Waals surface area contributed by atoms with Crippen LogP contribution in [0.15, 0.2) is 12.4 Å². The van der Waals surface area contributed by atoms with Gasteiger partial charge < -0.3 is 9.64 Å². The lowest BCUT2D eigenvalue weighted by molar-refractivity contribution is 0.0593. The molecule has 0 radical (unpaired) electrons. The lowest BCUT2D eigenvalue weighted by Gasteiger charge is -2.14. The fraction of sp³-hybridized carbons (Fsp3) is 0.444. The van der Waals surface area contributed by atoms with Crippen molar-refractivity contribution in [1.82, 2.24) is 9.97 Å². The molecule has 0 bridgehead atoms. The number of hydrogen-bond donors (Lipinski definition) is 0. The first-order valence-corrected chi connectivity index (χ1v) is 4.30. The first-order valence-electron chi connectivity index (χ1n) is 4.30. The van der Waals surface area contributed by atoms with Gasteiger partial charge in [-0.3, -0.25) is 4.98 Å². The maximum atomic E-state index is 11.1. The van der Waals surface area contributed by atoms with Gasteiger partial charge in [0.25, 0.3) is 0 Å². The summed E-state index contributed by atoms with van der Waals surface area (Å²) >= 11 is 0. The zero-order valence-electron chi connectivity index (χ0n) is 8.52. The Bertz CT molecular complexity index is 328. The summed E-state index contributed by atoms with van der Waals surface area (Å²) in [5.41, 5.74) is 0.227. The molecule has 0 aromatic carbocycles. The Labute approximate surface area is 82.7 Å². The maximum absolute atomic E-state index is 11.1. The summed E-state index contributed by atoms with van der Waals surface area (Å²) in [7, 11) is 3.20. The lowest BCUT2D eigenvalue weighted by atomic mass is 10.4. The van der Waals surface area contributed by atoms with Gasteiger partial charge in [-0.25, -0.2) is 9.78 Å². The maximum Gasteiger partial charge on any atom is 0.358 e. The zero-order chi connectivity index (χ0) is 10.6. The average Bonchev–Trinajstić information content (AvgIpc) is 2.27. The Kier molecular flexibility index (Phi) is 3.39. The molecule has 1 heterocycles. The van der Waals surface area contributed by atoms with Crippen LogP contribution in [0, 0.1) is 0 Å². The second kappa shape index (κ2) is 4.55. The molecule has 0 saturated heterocycles. The number of hydrogen-bond acceptors (Lipinski definition) is 5. The van der Waals surface area contributed by atoms with Crippen molar-refractivity contribution >= 4 is 11.8 Å². The second-order valence-electron chi connectivity index (χ2n) is 2.77. The van der Waals surface area contributed by atoms with E-state index in [-0.39, 0.29) is 5.69 Å². The number of carbonyl (C=O) groups excluding carboxylic acids is 1. The molecule has 1 aromatic rings. The smallest absolute Gasteiger partial charge is 0.358 e. The van der Waals surface area contributed by atoms with E-state index in [1.165, 1.54) is 13.3 Å². The molecule has 0 fully saturated rings. The van der Waals surface area contributed by atoms with Gasteiger partial charge in [0.2, 0.25) is 0 Å². The normalized spacial score (nSPS) is 9.64. The van der Waals surface area contributed by atoms with Crippen LogP contribution in [0.1, 0.15) is 17.4 Å². The zero-order valence-corrected chi connectivity index (χ0v) is 8.52. The van der Waals surface area contributed by atoms with Gasteiger partial charge in [-0.05, 0) is 6.92 Å². The summed E-state index contributed by atoms with van der Waals surface area (Å²) in [5.74, 6) is 0.194. The molecule has 1 aromatic heterocycles. The van der Waals surface area contributed by atoms with Gasteiger partial charge in [0, 0.05) is 13.6 Å². The van der Waals surface area contributed by atoms with Crippen molar-refractivity contribution in [1.29, 1.82) is 0 Å². The summed E-state index contributed by atoms with van der Waals surface area (Å²) in [6.07, 6.45) is 2.99. The molecule has 0 aliphatic carbocycles. The second-order valence-corrected chi connectivity index (χ2v) is 2.77. The van der Waals surface area contributed by atoms with E-state index < -0.39 is 5.97 Å². The van der Waals surface area contributed by atoms with Gasteiger partial charge in [-0.2, -0.15) is 0 Å². The lowest BCUT2D eigenvalue weighted by Crippen LogP contribution is -2.19. The molecule has 0 N–H and O–H groups in total. The Morgan fingerprint density at radius 2 is 2.29 bits per heavy atom. The predicted octanol–water partition coefficient (Wildman–Crippen LogP) is 0.719. The quantitative estimate of drug-likeness (QED) is 0.665. The van der Waals surface area contributed by atoms with Gasteiger partial charge in [-0.15, -0.1) is 0 Å². The van der Waals surface area contributed by atoms with Crippen LogP contribution >= 0.6 is 0 Å². The molecule has 5 nitrogen and oxygen atoms in total. The Balaban J connectivity index is 2.95. The highest BCUT2D eigenvalue weighted by Crippen LogP contribution is 2.07. The minimum absolute atomic E-state index is 0.227. The molecular weight excluding hydrogens is 182 g/mol. The van der Waals surface area contributed by atoms with Crippen LogP contribution < -0.4 is 4.90 Å². The Morgan fingerprint density at radius 1 is 1.57 bits per heavy atom. The third kappa shape index (κ3) is 2.18. The molecule has 0 aliphatic rings. The van der Waals surface area contributed by atoms with Gasteiger partial charge in [0.15, 0.2) is 5.69 Å². The van der Waals surface area contributed by atoms with Crippen LogP contribution in [0.25, 0.3) is 0 Å². The summed E-state index contributed by atoms with van der Waals surface area (Å²) < 4.78 is 4.54.